The van der Waals surface area contributed by atoms with Gasteiger partial charge in [-0.15, -0.1) is 9.52 Å². The number of hydrogen-bond acceptors (Lipinski definition) is 0. The van der Waals surface area contributed by atoms with Crippen LogP contribution in [0.4, 0.5) is 0 Å². The molecule has 0 heterocycles. The van der Waals surface area contributed by atoms with E-state index in [-0.39, 0.29) is 32.2 Å². The molecule has 0 atom stereocenters. The smallest absolute Gasteiger partial charge is 0 e. The first-order valence-electron chi connectivity index (χ1n) is 3.41. The summed E-state index contributed by atoms with van der Waals surface area (Å²) in [6, 6.07) is 0. The van der Waals surface area contributed by atoms with Crippen LogP contribution in [-0.4, -0.2) is 17.9 Å². The summed E-state index contributed by atoms with van der Waals surface area (Å²) >= 11 is 0. The quantitative estimate of drug-likeness (QED) is 0.513. The molecule has 0 aromatic carbocycles. The third kappa shape index (κ3) is 8.67. The van der Waals surface area contributed by atoms with Crippen molar-refractivity contribution in [3.05, 3.63) is 6.55 Å². The minimum absolute atomic E-state index is 0. The molecular weight excluding hydrogens is 366 g/mol. The second-order valence-electron chi connectivity index (χ2n) is 3.16. The average molecular weight is 383 g/mol. The Hall–Kier alpha value is 0.671. The molecule has 0 aliphatic heterocycles. The van der Waals surface area contributed by atoms with Gasteiger partial charge >= 0.3 is 0 Å². The van der Waals surface area contributed by atoms with Gasteiger partial charge in [-0.3, -0.25) is 0 Å². The normalized spacial score (nSPS) is 10.8. The van der Waals surface area contributed by atoms with Gasteiger partial charge in [0.05, 0.1) is 0 Å². The fourth-order valence-electron chi connectivity index (χ4n) is 0.802. The maximum atomic E-state index is 4.01. The Morgan fingerprint density at radius 3 is 1.90 bits per heavy atom. The third-order valence-corrected chi connectivity index (χ3v) is 3.31. The molecule has 0 spiro atoms. The van der Waals surface area contributed by atoms with Gasteiger partial charge < -0.3 is 6.55 Å². The van der Waals surface area contributed by atoms with Gasteiger partial charge in [-0.25, -0.2) is 0 Å². The molecule has 0 saturated heterocycles. The van der Waals surface area contributed by atoms with E-state index in [1.165, 1.54) is 12.8 Å². The summed E-state index contributed by atoms with van der Waals surface area (Å²) in [7, 11) is -0.0191. The first kappa shape index (κ1) is 17.0. The van der Waals surface area contributed by atoms with Gasteiger partial charge in [0, 0.05) is 22.7 Å². The zero-order valence-electron chi connectivity index (χ0n) is 7.28. The van der Waals surface area contributed by atoms with E-state index < -0.39 is 0 Å². The second-order valence-corrected chi connectivity index (χ2v) is 5.58. The summed E-state index contributed by atoms with van der Waals surface area (Å²) in [5.74, 6) is 0. The molecule has 4 radical (unpaired) electrons. The summed E-state index contributed by atoms with van der Waals surface area (Å²) in [6.45, 7) is 10.9. The van der Waals surface area contributed by atoms with Crippen LogP contribution in [0.1, 0.15) is 33.6 Å². The Bertz CT molecular complexity index is 66.6. The van der Waals surface area contributed by atoms with Crippen LogP contribution >= 0.6 is 0 Å². The predicted molar refractivity (Wildman–Crippen MR) is 48.6 cm³/mol. The minimum Gasteiger partial charge on any atom is -0.347 e. The Labute approximate surface area is 77.8 Å². The molecule has 0 saturated carbocycles. The first-order valence-corrected chi connectivity index (χ1v) is 5.12. The largest absolute Gasteiger partial charge is 0.347 e. The standard InChI is InChI=1S/C7H17Si.Am.B/c1-5-6-7(2,3)8-4;;/h4-6,8H2,1-3H3;;/q-1;;. The van der Waals surface area contributed by atoms with Gasteiger partial charge in [0.15, 0.2) is 0 Å². The van der Waals surface area contributed by atoms with Gasteiger partial charge in [0.2, 0.25) is 0 Å². The molecule has 3 heteroatoms. The van der Waals surface area contributed by atoms with Crippen LogP contribution in [0.15, 0.2) is 0 Å². The van der Waals surface area contributed by atoms with E-state index in [0.29, 0.717) is 5.04 Å². The Kier molecular flexibility index (Phi) is 13.2. The SMILES string of the molecule is [Am].[B].[CH2-][SiH2]C(C)(C)CCC. The van der Waals surface area contributed by atoms with Crippen LogP contribution in [-0.2, 0) is 0 Å². The van der Waals surface area contributed by atoms with Gasteiger partial charge in [-0.05, 0) is 0 Å². The van der Waals surface area contributed by atoms with Crippen LogP contribution in [0, 0.1) is 20.8 Å². The van der Waals surface area contributed by atoms with E-state index in [4.69, 9.17) is 0 Å². The van der Waals surface area contributed by atoms with Crippen LogP contribution in [0.5, 0.6) is 0 Å². The number of rotatable bonds is 3. The average Bonchev–Trinajstić information content (AvgIpc) is 1.67. The summed E-state index contributed by atoms with van der Waals surface area (Å²) in [5.41, 5.74) is 0. The fourth-order valence-corrected chi connectivity index (χ4v) is 1.41. The topological polar surface area (TPSA) is 0 Å². The molecule has 0 amide bonds. The molecule has 0 nitrogen and oxygen atoms in total. The van der Waals surface area contributed by atoms with E-state index in [1.807, 2.05) is 0 Å². The second kappa shape index (κ2) is 7.77. The van der Waals surface area contributed by atoms with Crippen molar-refractivity contribution in [2.24, 2.45) is 0 Å². The van der Waals surface area contributed by atoms with Crippen LogP contribution < -0.4 is 0 Å². The predicted octanol–water partition coefficient (Wildman–Crippen LogP) is 1.56. The zero-order valence-corrected chi connectivity index (χ0v) is 11.8. The van der Waals surface area contributed by atoms with Crippen LogP contribution in [0.25, 0.3) is 0 Å². The van der Waals surface area contributed by atoms with E-state index in [2.05, 4.69) is 27.3 Å². The zero-order chi connectivity index (χ0) is 6.62. The fraction of sp³-hybridized carbons (Fsp3) is 0.857. The molecule has 0 bridgehead atoms. The Morgan fingerprint density at radius 1 is 1.40 bits per heavy atom. The van der Waals surface area contributed by atoms with Gasteiger partial charge in [0.25, 0.3) is 0 Å². The molecule has 10 heavy (non-hydrogen) atoms. The maximum Gasteiger partial charge on any atom is 0 e. The molecule has 0 aromatic heterocycles. The molecule has 0 unspecified atom stereocenters. The van der Waals surface area contributed by atoms with E-state index in [1.54, 1.807) is 0 Å². The molecule has 0 fully saturated rings. The molecule has 60 valence electrons. The van der Waals surface area contributed by atoms with Crippen molar-refractivity contribution in [1.82, 2.24) is 0 Å². The summed E-state index contributed by atoms with van der Waals surface area (Å²) in [5, 5.41) is 0.620. The molecule has 0 rings (SSSR count). The van der Waals surface area contributed by atoms with Crippen molar-refractivity contribution in [1.29, 1.82) is 0 Å². The molecule has 0 aromatic rings. The van der Waals surface area contributed by atoms with Gasteiger partial charge in [0.1, 0.15) is 0 Å². The monoisotopic (exact) mass is 381 g/mol. The van der Waals surface area contributed by atoms with Crippen LogP contribution in [0.3, 0.4) is 0 Å². The summed E-state index contributed by atoms with van der Waals surface area (Å²) in [6.07, 6.45) is 2.68. The van der Waals surface area contributed by atoms with Crippen molar-refractivity contribution in [2.75, 3.05) is 0 Å². The van der Waals surface area contributed by atoms with Crippen molar-refractivity contribution in [3.63, 3.8) is 0 Å². The molecule has 0 aliphatic carbocycles. The van der Waals surface area contributed by atoms with Crippen LogP contribution in [0.2, 0.25) is 5.04 Å². The van der Waals surface area contributed by atoms with Gasteiger partial charge in [-0.2, -0.15) is 0 Å². The minimum atomic E-state index is -0.0191. The van der Waals surface area contributed by atoms with E-state index in [0.717, 1.165) is 0 Å². The third-order valence-electron chi connectivity index (χ3n) is 1.60. The Morgan fingerprint density at radius 2 is 1.80 bits per heavy atom. The van der Waals surface area contributed by atoms with E-state index in [9.17, 15) is 0 Å². The molecular formula is C7H17AmBSi-. The summed E-state index contributed by atoms with van der Waals surface area (Å²) < 4.78 is 0. The van der Waals surface area contributed by atoms with Gasteiger partial charge in [-0.1, -0.05) is 38.7 Å². The summed E-state index contributed by atoms with van der Waals surface area (Å²) in [4.78, 5) is 0. The maximum absolute atomic E-state index is 4.01. The van der Waals surface area contributed by atoms with Crippen molar-refractivity contribution in [3.8, 4) is 0 Å². The first-order chi connectivity index (χ1) is 3.62. The van der Waals surface area contributed by atoms with E-state index >= 15 is 0 Å². The molecule has 0 N–H and O–H groups in total. The van der Waals surface area contributed by atoms with Crippen molar-refractivity contribution in [2.45, 2.75) is 38.7 Å². The number of hydrogen-bond donors (Lipinski definition) is 0. The van der Waals surface area contributed by atoms with Crippen molar-refractivity contribution < 1.29 is 14.3 Å². The van der Waals surface area contributed by atoms with Crippen molar-refractivity contribution >= 4 is 17.9 Å². The molecule has 0 aliphatic rings. The Balaban J connectivity index is -0.000000245.